The van der Waals surface area contributed by atoms with E-state index in [0.29, 0.717) is 0 Å². The third-order valence-corrected chi connectivity index (χ3v) is 2.67. The van der Waals surface area contributed by atoms with Gasteiger partial charge in [-0.2, -0.15) is 0 Å². The minimum absolute atomic E-state index is 0.876. The van der Waals surface area contributed by atoms with Gasteiger partial charge < -0.3 is 0 Å². The second kappa shape index (κ2) is 3.42. The summed E-state index contributed by atoms with van der Waals surface area (Å²) in [6.07, 6.45) is 4.24. The van der Waals surface area contributed by atoms with Crippen LogP contribution in [0.5, 0.6) is 0 Å². The van der Waals surface area contributed by atoms with Crippen LogP contribution in [-0.4, -0.2) is 0 Å². The molecule has 1 aliphatic rings. The molecule has 0 aromatic carbocycles. The first-order valence-electron chi connectivity index (χ1n) is 4.76. The lowest BCUT2D eigenvalue weighted by Crippen LogP contribution is -1.90. The van der Waals surface area contributed by atoms with Crippen LogP contribution in [0, 0.1) is 17.8 Å². The average molecular weight is 152 g/mol. The molecule has 0 heterocycles. The molecule has 0 amide bonds. The molecule has 0 radical (unpaired) electrons. The topological polar surface area (TPSA) is 0 Å². The molecule has 1 saturated carbocycles. The Morgan fingerprint density at radius 3 is 2.55 bits per heavy atom. The van der Waals surface area contributed by atoms with Crippen molar-refractivity contribution in [1.29, 1.82) is 0 Å². The zero-order valence-corrected chi connectivity index (χ0v) is 8.06. The second-order valence-corrected chi connectivity index (χ2v) is 4.42. The predicted molar refractivity (Wildman–Crippen MR) is 50.5 cm³/mol. The molecule has 0 N–H and O–H groups in total. The van der Waals surface area contributed by atoms with Gasteiger partial charge in [-0.15, -0.1) is 0 Å². The fraction of sp³-hybridized carbons (Fsp3) is 0.818. The van der Waals surface area contributed by atoms with Gasteiger partial charge in [0.15, 0.2) is 0 Å². The van der Waals surface area contributed by atoms with E-state index in [1.807, 2.05) is 0 Å². The van der Waals surface area contributed by atoms with Crippen LogP contribution < -0.4 is 0 Å². The molecule has 0 aromatic rings. The van der Waals surface area contributed by atoms with E-state index < -0.39 is 0 Å². The molecule has 2 atom stereocenters. The van der Waals surface area contributed by atoms with Crippen LogP contribution in [-0.2, 0) is 0 Å². The van der Waals surface area contributed by atoms with Gasteiger partial charge in [0.1, 0.15) is 0 Å². The summed E-state index contributed by atoms with van der Waals surface area (Å²) >= 11 is 0. The van der Waals surface area contributed by atoms with Crippen molar-refractivity contribution >= 4 is 0 Å². The van der Waals surface area contributed by atoms with Crippen molar-refractivity contribution in [1.82, 2.24) is 0 Å². The molecule has 11 heavy (non-hydrogen) atoms. The highest BCUT2D eigenvalue weighted by Crippen LogP contribution is 2.46. The van der Waals surface area contributed by atoms with E-state index in [-0.39, 0.29) is 0 Å². The molecule has 0 saturated heterocycles. The Balaban J connectivity index is 2.09. The number of hydrogen-bond acceptors (Lipinski definition) is 0. The highest BCUT2D eigenvalue weighted by molar-refractivity contribution is 5.08. The van der Waals surface area contributed by atoms with Crippen molar-refractivity contribution in [3.05, 3.63) is 12.2 Å². The molecule has 1 fully saturated rings. The van der Waals surface area contributed by atoms with Gasteiger partial charge in [0.2, 0.25) is 0 Å². The predicted octanol–water partition coefficient (Wildman–Crippen LogP) is 3.63. The summed E-state index contributed by atoms with van der Waals surface area (Å²) in [5.41, 5.74) is 1.40. The van der Waals surface area contributed by atoms with Crippen molar-refractivity contribution in [3.8, 4) is 0 Å². The highest BCUT2D eigenvalue weighted by Gasteiger charge is 2.36. The van der Waals surface area contributed by atoms with Gasteiger partial charge in [-0.1, -0.05) is 32.4 Å². The normalized spacial score (nSPS) is 29.1. The number of allylic oxidation sites excluding steroid dienone is 1. The lowest BCUT2D eigenvalue weighted by molar-refractivity contribution is 0.517. The van der Waals surface area contributed by atoms with Gasteiger partial charge in [0, 0.05) is 0 Å². The van der Waals surface area contributed by atoms with Gasteiger partial charge in [0.25, 0.3) is 0 Å². The zero-order chi connectivity index (χ0) is 8.43. The fourth-order valence-corrected chi connectivity index (χ4v) is 1.72. The smallest absolute Gasteiger partial charge is 0.0177 e. The lowest BCUT2D eigenvalue weighted by Gasteiger charge is -2.02. The monoisotopic (exact) mass is 152 g/mol. The minimum Gasteiger partial charge on any atom is -0.0999 e. The van der Waals surface area contributed by atoms with E-state index >= 15 is 0 Å². The van der Waals surface area contributed by atoms with Crippen molar-refractivity contribution in [3.63, 3.8) is 0 Å². The molecular weight excluding hydrogens is 132 g/mol. The molecule has 0 spiro atoms. The van der Waals surface area contributed by atoms with E-state index in [4.69, 9.17) is 0 Å². The lowest BCUT2D eigenvalue weighted by atomic mass is 10.0. The Hall–Kier alpha value is -0.260. The molecule has 1 rings (SSSR count). The Bertz CT molecular complexity index is 144. The third-order valence-electron chi connectivity index (χ3n) is 2.67. The number of rotatable bonds is 4. The van der Waals surface area contributed by atoms with Crippen LogP contribution >= 0.6 is 0 Å². The first-order valence-corrected chi connectivity index (χ1v) is 4.76. The first kappa shape index (κ1) is 8.83. The Morgan fingerprint density at radius 1 is 1.55 bits per heavy atom. The summed E-state index contributed by atoms with van der Waals surface area (Å²) in [4.78, 5) is 0. The minimum atomic E-state index is 0.876. The van der Waals surface area contributed by atoms with Crippen LogP contribution in [0.15, 0.2) is 12.2 Å². The van der Waals surface area contributed by atoms with Crippen molar-refractivity contribution in [2.24, 2.45) is 17.8 Å². The molecule has 0 nitrogen and oxygen atoms in total. The van der Waals surface area contributed by atoms with Gasteiger partial charge in [-0.25, -0.2) is 0 Å². The Labute approximate surface area is 70.7 Å². The van der Waals surface area contributed by atoms with E-state index in [1.165, 1.54) is 24.8 Å². The van der Waals surface area contributed by atoms with Crippen molar-refractivity contribution < 1.29 is 0 Å². The molecule has 0 bridgehead atoms. The molecule has 0 aliphatic heterocycles. The summed E-state index contributed by atoms with van der Waals surface area (Å²) < 4.78 is 0. The summed E-state index contributed by atoms with van der Waals surface area (Å²) in [6.45, 7) is 10.8. The fourth-order valence-electron chi connectivity index (χ4n) is 1.72. The van der Waals surface area contributed by atoms with Gasteiger partial charge >= 0.3 is 0 Å². The van der Waals surface area contributed by atoms with Gasteiger partial charge in [-0.05, 0) is 37.5 Å². The summed E-state index contributed by atoms with van der Waals surface area (Å²) in [6, 6.07) is 0. The largest absolute Gasteiger partial charge is 0.0999 e. The van der Waals surface area contributed by atoms with E-state index in [1.54, 1.807) is 0 Å². The van der Waals surface area contributed by atoms with Crippen LogP contribution in [0.2, 0.25) is 0 Å². The maximum atomic E-state index is 3.99. The van der Waals surface area contributed by atoms with Crippen molar-refractivity contribution in [2.75, 3.05) is 0 Å². The average Bonchev–Trinajstić information content (AvgIpc) is 2.61. The zero-order valence-electron chi connectivity index (χ0n) is 8.06. The van der Waals surface area contributed by atoms with Gasteiger partial charge in [-0.3, -0.25) is 0 Å². The summed E-state index contributed by atoms with van der Waals surface area (Å²) in [7, 11) is 0. The SMILES string of the molecule is C=C(C)C1CC1CCC(C)C. The molecular formula is C11H20. The van der Waals surface area contributed by atoms with Crippen molar-refractivity contribution in [2.45, 2.75) is 40.0 Å². The summed E-state index contributed by atoms with van der Waals surface area (Å²) in [5, 5.41) is 0. The van der Waals surface area contributed by atoms with E-state index in [2.05, 4.69) is 27.4 Å². The summed E-state index contributed by atoms with van der Waals surface area (Å²) in [5.74, 6) is 2.75. The Morgan fingerprint density at radius 2 is 2.18 bits per heavy atom. The second-order valence-electron chi connectivity index (χ2n) is 4.42. The maximum Gasteiger partial charge on any atom is -0.0177 e. The quantitative estimate of drug-likeness (QED) is 0.539. The molecule has 1 aliphatic carbocycles. The van der Waals surface area contributed by atoms with Crippen LogP contribution in [0.4, 0.5) is 0 Å². The standard InChI is InChI=1S/C11H20/c1-8(2)5-6-10-7-11(10)9(3)4/h8,10-11H,3,5-7H2,1-2,4H3. The molecule has 0 heteroatoms. The van der Waals surface area contributed by atoms with E-state index in [0.717, 1.165) is 17.8 Å². The van der Waals surface area contributed by atoms with Gasteiger partial charge in [0.05, 0.1) is 0 Å². The Kier molecular flexibility index (Phi) is 2.75. The number of hydrogen-bond donors (Lipinski definition) is 0. The third kappa shape index (κ3) is 2.69. The van der Waals surface area contributed by atoms with E-state index in [9.17, 15) is 0 Å². The maximum absolute atomic E-state index is 3.99. The van der Waals surface area contributed by atoms with Crippen LogP contribution in [0.25, 0.3) is 0 Å². The van der Waals surface area contributed by atoms with Crippen LogP contribution in [0.1, 0.15) is 40.0 Å². The van der Waals surface area contributed by atoms with Crippen LogP contribution in [0.3, 0.4) is 0 Å². The molecule has 64 valence electrons. The highest BCUT2D eigenvalue weighted by atomic mass is 14.4. The molecule has 2 unspecified atom stereocenters. The molecule has 0 aromatic heterocycles. The first-order chi connectivity index (χ1) is 5.11.